The molecule has 0 spiro atoms. The fourth-order valence-electron chi connectivity index (χ4n) is 0.464. The summed E-state index contributed by atoms with van der Waals surface area (Å²) < 4.78 is 0. The molecule has 0 unspecified atom stereocenters. The summed E-state index contributed by atoms with van der Waals surface area (Å²) in [6.45, 7) is 10.6. The maximum Gasteiger partial charge on any atom is 0.0428 e. The normalized spacial score (nSPS) is 14.2. The van der Waals surface area contributed by atoms with Crippen molar-refractivity contribution in [2.75, 3.05) is 0 Å². The van der Waals surface area contributed by atoms with Crippen molar-refractivity contribution < 1.29 is 0 Å². The molecule has 2 heteroatoms. The van der Waals surface area contributed by atoms with Crippen LogP contribution in [-0.4, -0.2) is 11.9 Å². The third-order valence-corrected chi connectivity index (χ3v) is 1.79. The van der Waals surface area contributed by atoms with Crippen LogP contribution in [0.15, 0.2) is 10.2 Å². The second kappa shape index (κ2) is 5.07. The summed E-state index contributed by atoms with van der Waals surface area (Å²) in [5, 5.41) is 8.11. The van der Waals surface area contributed by atoms with Crippen LogP contribution in [0.4, 0.5) is 0 Å². The first-order chi connectivity index (χ1) is 5.48. The van der Waals surface area contributed by atoms with Crippen LogP contribution in [0.2, 0.25) is 0 Å². The van der Waals surface area contributed by atoms with Crippen LogP contribution in [-0.2, 0) is 0 Å². The Labute approximate surface area is 75.8 Å². The summed E-state index contributed by atoms with van der Waals surface area (Å²) in [7, 11) is 0. The summed E-state index contributed by atoms with van der Waals surface area (Å²) in [4.78, 5) is 0. The Morgan fingerprint density at radius 2 is 1.92 bits per heavy atom. The van der Waals surface area contributed by atoms with Gasteiger partial charge in [0, 0.05) is 17.3 Å². The number of hydrogen-bond acceptors (Lipinski definition) is 2. The van der Waals surface area contributed by atoms with Crippen LogP contribution in [0.5, 0.6) is 0 Å². The highest BCUT2D eigenvalue weighted by Gasteiger charge is 2.13. The molecule has 0 aliphatic carbocycles. The molecule has 0 aliphatic rings. The van der Waals surface area contributed by atoms with E-state index < -0.39 is 0 Å². The van der Waals surface area contributed by atoms with Crippen molar-refractivity contribution in [2.24, 2.45) is 15.6 Å². The molecule has 0 aromatic carbocycles. The van der Waals surface area contributed by atoms with E-state index in [1.165, 1.54) is 0 Å². The molecule has 0 bridgehead atoms. The molecule has 0 N–H and O–H groups in total. The molecule has 0 atom stereocenters. The summed E-state index contributed by atoms with van der Waals surface area (Å²) in [6.07, 6.45) is 4.02. The Balaban J connectivity index is 4.01. The molecule has 0 heterocycles. The van der Waals surface area contributed by atoms with Crippen molar-refractivity contribution >= 4 is 11.9 Å². The predicted octanol–water partition coefficient (Wildman–Crippen LogP) is 3.28. The molecule has 0 radical (unpaired) electrons. The summed E-state index contributed by atoms with van der Waals surface area (Å²) in [6, 6.07) is 0. The van der Waals surface area contributed by atoms with E-state index in [0.717, 1.165) is 18.6 Å². The molecule has 0 aliphatic heterocycles. The average Bonchev–Trinajstić information content (AvgIpc) is 1.96. The lowest BCUT2D eigenvalue weighted by Gasteiger charge is -2.15. The molecular weight excluding hydrogens is 148 g/mol. The van der Waals surface area contributed by atoms with E-state index >= 15 is 0 Å². The van der Waals surface area contributed by atoms with Gasteiger partial charge >= 0.3 is 0 Å². The molecule has 0 aromatic rings. The maximum atomic E-state index is 4.12. The minimum atomic E-state index is 0.142. The van der Waals surface area contributed by atoms with Gasteiger partial charge in [0.05, 0.1) is 0 Å². The van der Waals surface area contributed by atoms with Crippen molar-refractivity contribution in [3.8, 4) is 0 Å². The Kier molecular flexibility index (Phi) is 4.79. The van der Waals surface area contributed by atoms with Crippen molar-refractivity contribution in [3.63, 3.8) is 0 Å². The maximum absolute atomic E-state index is 4.12. The summed E-state index contributed by atoms with van der Waals surface area (Å²) in [5.74, 6) is 0. The molecule has 0 saturated heterocycles. The zero-order valence-electron chi connectivity index (χ0n) is 8.89. The highest BCUT2D eigenvalue weighted by atomic mass is 15.2. The van der Waals surface area contributed by atoms with Crippen LogP contribution >= 0.6 is 0 Å². The second-order valence-corrected chi connectivity index (χ2v) is 4.02. The van der Waals surface area contributed by atoms with Gasteiger partial charge < -0.3 is 0 Å². The van der Waals surface area contributed by atoms with Crippen LogP contribution in [0.1, 0.15) is 47.5 Å². The Morgan fingerprint density at radius 3 is 2.33 bits per heavy atom. The van der Waals surface area contributed by atoms with Crippen LogP contribution in [0.25, 0.3) is 0 Å². The first-order valence-corrected chi connectivity index (χ1v) is 4.55. The first kappa shape index (κ1) is 11.3. The van der Waals surface area contributed by atoms with Crippen molar-refractivity contribution in [1.29, 1.82) is 0 Å². The average molecular weight is 168 g/mol. The minimum absolute atomic E-state index is 0.142. The molecule has 0 amide bonds. The quantitative estimate of drug-likeness (QED) is 0.456. The van der Waals surface area contributed by atoms with Crippen LogP contribution < -0.4 is 0 Å². The summed E-state index contributed by atoms with van der Waals surface area (Å²) >= 11 is 0. The van der Waals surface area contributed by atoms with E-state index in [2.05, 4.69) is 37.9 Å². The van der Waals surface area contributed by atoms with E-state index in [-0.39, 0.29) is 5.41 Å². The molecule has 0 rings (SSSR count). The van der Waals surface area contributed by atoms with Crippen molar-refractivity contribution in [1.82, 2.24) is 0 Å². The highest BCUT2D eigenvalue weighted by Crippen LogP contribution is 2.15. The molecule has 70 valence electrons. The Bertz CT molecular complexity index is 173. The van der Waals surface area contributed by atoms with E-state index in [4.69, 9.17) is 0 Å². The van der Waals surface area contributed by atoms with Gasteiger partial charge in [0.15, 0.2) is 0 Å². The van der Waals surface area contributed by atoms with E-state index in [1.807, 2.05) is 13.1 Å². The summed E-state index contributed by atoms with van der Waals surface area (Å²) in [5.41, 5.74) is 1.22. The molecule has 0 aromatic heterocycles. The van der Waals surface area contributed by atoms with Gasteiger partial charge in [-0.15, -0.1) is 0 Å². The van der Waals surface area contributed by atoms with Gasteiger partial charge in [-0.25, -0.2) is 0 Å². The first-order valence-electron chi connectivity index (χ1n) is 4.55. The fourth-order valence-corrected chi connectivity index (χ4v) is 0.464. The standard InChI is InChI=1S/C10H20N2/c1-6-7-8-11-12-9(2)10(3,4)5/h8H,6-7H2,1-5H3/b11-8-,12-9+. The molecule has 0 saturated carbocycles. The second-order valence-electron chi connectivity index (χ2n) is 4.02. The third-order valence-electron chi connectivity index (χ3n) is 1.79. The molecule has 2 nitrogen and oxygen atoms in total. The zero-order chi connectivity index (χ0) is 9.61. The monoisotopic (exact) mass is 168 g/mol. The van der Waals surface area contributed by atoms with Gasteiger partial charge in [-0.2, -0.15) is 10.2 Å². The van der Waals surface area contributed by atoms with Gasteiger partial charge in [0.2, 0.25) is 0 Å². The number of unbranched alkanes of at least 4 members (excludes halogenated alkanes) is 1. The van der Waals surface area contributed by atoms with Gasteiger partial charge in [0.25, 0.3) is 0 Å². The van der Waals surface area contributed by atoms with E-state index in [9.17, 15) is 0 Å². The van der Waals surface area contributed by atoms with Gasteiger partial charge in [-0.1, -0.05) is 34.1 Å². The lowest BCUT2D eigenvalue weighted by molar-refractivity contribution is 0.585. The predicted molar refractivity (Wildman–Crippen MR) is 56.0 cm³/mol. The van der Waals surface area contributed by atoms with Gasteiger partial charge in [0.1, 0.15) is 0 Å². The smallest absolute Gasteiger partial charge is 0.0428 e. The highest BCUT2D eigenvalue weighted by molar-refractivity contribution is 5.87. The molecule has 0 fully saturated rings. The van der Waals surface area contributed by atoms with Crippen LogP contribution in [0.3, 0.4) is 0 Å². The largest absolute Gasteiger partial charge is 0.164 e. The SMILES string of the molecule is CCC/C=N\N=C(/C)C(C)(C)C. The number of nitrogens with zero attached hydrogens (tertiary/aromatic N) is 2. The molecular formula is C10H20N2. The van der Waals surface area contributed by atoms with Crippen LogP contribution in [0, 0.1) is 5.41 Å². The van der Waals surface area contributed by atoms with Crippen molar-refractivity contribution in [2.45, 2.75) is 47.5 Å². The number of hydrogen-bond donors (Lipinski definition) is 0. The lowest BCUT2D eigenvalue weighted by atomic mass is 9.91. The molecule has 12 heavy (non-hydrogen) atoms. The third kappa shape index (κ3) is 5.05. The van der Waals surface area contributed by atoms with E-state index in [0.29, 0.717) is 0 Å². The zero-order valence-corrected chi connectivity index (χ0v) is 8.89. The fraction of sp³-hybridized carbons (Fsp3) is 0.800. The van der Waals surface area contributed by atoms with Crippen molar-refractivity contribution in [3.05, 3.63) is 0 Å². The lowest BCUT2D eigenvalue weighted by Crippen LogP contribution is -2.16. The van der Waals surface area contributed by atoms with Gasteiger partial charge in [-0.05, 0) is 13.3 Å². The Morgan fingerprint density at radius 1 is 1.33 bits per heavy atom. The van der Waals surface area contributed by atoms with E-state index in [1.54, 1.807) is 0 Å². The number of rotatable bonds is 3. The topological polar surface area (TPSA) is 24.7 Å². The minimum Gasteiger partial charge on any atom is -0.164 e. The van der Waals surface area contributed by atoms with Gasteiger partial charge in [-0.3, -0.25) is 0 Å². The Hall–Kier alpha value is -0.660.